The summed E-state index contributed by atoms with van der Waals surface area (Å²) in [5.41, 5.74) is 6.31. The van der Waals surface area contributed by atoms with Crippen molar-refractivity contribution in [3.8, 4) is 0 Å². The maximum atomic E-state index is 13.4. The molecule has 4 rings (SSSR count). The van der Waals surface area contributed by atoms with Crippen molar-refractivity contribution in [3.05, 3.63) is 42.4 Å². The number of imide groups is 1. The summed E-state index contributed by atoms with van der Waals surface area (Å²) in [6.45, 7) is 0.0984. The second-order valence-corrected chi connectivity index (χ2v) is 8.35. The Kier molecular flexibility index (Phi) is 6.56. The summed E-state index contributed by atoms with van der Waals surface area (Å²) in [4.78, 5) is 52.3. The highest BCUT2D eigenvalue weighted by Crippen LogP contribution is 2.40. The molecule has 186 valence electrons. The molecule has 1 saturated carbocycles. The van der Waals surface area contributed by atoms with Crippen molar-refractivity contribution in [2.45, 2.75) is 43.7 Å². The molecular formula is C21H23F3N8O3. The third-order valence-corrected chi connectivity index (χ3v) is 5.85. The predicted octanol–water partition coefficient (Wildman–Crippen LogP) is 0.836. The van der Waals surface area contributed by atoms with E-state index in [1.807, 2.05) is 5.32 Å². The molecule has 2 aliphatic rings. The van der Waals surface area contributed by atoms with Gasteiger partial charge >= 0.3 is 12.2 Å². The number of hydrogen-bond donors (Lipinski definition) is 3. The SMILES string of the molecule is CN(C(=O)[C@@H]1C(NCc2ccnc(N)c2)C(=O)N1C(=O)NC(C1CC1)C(F)(F)F)c1ncccn1. The second-order valence-electron chi connectivity index (χ2n) is 8.35. The first-order valence-electron chi connectivity index (χ1n) is 10.8. The van der Waals surface area contributed by atoms with Gasteiger partial charge < -0.3 is 11.1 Å². The summed E-state index contributed by atoms with van der Waals surface area (Å²) >= 11 is 0. The highest BCUT2D eigenvalue weighted by atomic mass is 19.4. The van der Waals surface area contributed by atoms with Crippen LogP contribution in [-0.4, -0.2) is 69.0 Å². The Labute approximate surface area is 197 Å². The van der Waals surface area contributed by atoms with Crippen molar-refractivity contribution in [1.29, 1.82) is 0 Å². The number of amides is 4. The molecule has 14 heteroatoms. The zero-order chi connectivity index (χ0) is 25.3. The number of pyridine rings is 1. The predicted molar refractivity (Wildman–Crippen MR) is 116 cm³/mol. The molecule has 1 saturated heterocycles. The Morgan fingerprint density at radius 3 is 2.51 bits per heavy atom. The number of carbonyl (C=O) groups is 3. The number of halogens is 3. The van der Waals surface area contributed by atoms with E-state index < -0.39 is 48.1 Å². The van der Waals surface area contributed by atoms with Crippen LogP contribution in [0, 0.1) is 5.92 Å². The quantitative estimate of drug-likeness (QED) is 0.482. The molecular weight excluding hydrogens is 469 g/mol. The number of aromatic nitrogens is 3. The lowest BCUT2D eigenvalue weighted by atomic mass is 9.93. The minimum absolute atomic E-state index is 0.00372. The molecule has 2 unspecified atom stereocenters. The van der Waals surface area contributed by atoms with Gasteiger partial charge in [0, 0.05) is 32.2 Å². The number of likely N-dealkylation sites (N-methyl/N-ethyl adjacent to an activating group) is 1. The standard InChI is InChI=1S/C21H23F3N8O3/c1-31(19-27-6-2-7-28-19)18(34)15-14(29-10-11-5-8-26-13(25)9-11)17(33)32(15)20(35)30-16(12-3-4-12)21(22,23)24/h2,5-9,12,14-16,29H,3-4,10H2,1H3,(H2,25,26)(H,30,35)/t14?,15-,16?/m0/s1. The van der Waals surface area contributed by atoms with Gasteiger partial charge in [0.05, 0.1) is 0 Å². The van der Waals surface area contributed by atoms with Gasteiger partial charge in [-0.2, -0.15) is 13.2 Å². The number of urea groups is 1. The Morgan fingerprint density at radius 1 is 1.23 bits per heavy atom. The van der Waals surface area contributed by atoms with Crippen LogP contribution in [0.2, 0.25) is 0 Å². The lowest BCUT2D eigenvalue weighted by molar-refractivity contribution is -0.162. The number of carbonyl (C=O) groups excluding carboxylic acids is 3. The maximum absolute atomic E-state index is 13.4. The Morgan fingerprint density at radius 2 is 1.91 bits per heavy atom. The van der Waals surface area contributed by atoms with E-state index in [1.165, 1.54) is 31.7 Å². The molecule has 0 bridgehead atoms. The van der Waals surface area contributed by atoms with E-state index in [1.54, 1.807) is 12.1 Å². The zero-order valence-corrected chi connectivity index (χ0v) is 18.6. The van der Waals surface area contributed by atoms with Crippen LogP contribution < -0.4 is 21.3 Å². The molecule has 1 aliphatic carbocycles. The molecule has 0 aromatic carbocycles. The number of likely N-dealkylation sites (tertiary alicyclic amines) is 1. The van der Waals surface area contributed by atoms with Crippen molar-refractivity contribution in [3.63, 3.8) is 0 Å². The van der Waals surface area contributed by atoms with Crippen molar-refractivity contribution in [2.75, 3.05) is 17.7 Å². The van der Waals surface area contributed by atoms with Crippen LogP contribution in [0.3, 0.4) is 0 Å². The third kappa shape index (κ3) is 5.16. The van der Waals surface area contributed by atoms with E-state index in [4.69, 9.17) is 5.73 Å². The molecule has 0 spiro atoms. The molecule has 3 atom stereocenters. The molecule has 11 nitrogen and oxygen atoms in total. The average molecular weight is 492 g/mol. The van der Waals surface area contributed by atoms with E-state index in [2.05, 4.69) is 20.3 Å². The fourth-order valence-corrected chi connectivity index (χ4v) is 3.86. The Bertz CT molecular complexity index is 1110. The smallest absolute Gasteiger partial charge is 0.384 e. The normalized spacial score (nSPS) is 20.7. The van der Waals surface area contributed by atoms with Crippen molar-refractivity contribution >= 4 is 29.6 Å². The Hall–Kier alpha value is -3.81. The topological polar surface area (TPSA) is 146 Å². The molecule has 2 aromatic rings. The minimum Gasteiger partial charge on any atom is -0.384 e. The zero-order valence-electron chi connectivity index (χ0n) is 18.6. The highest BCUT2D eigenvalue weighted by Gasteiger charge is 2.57. The lowest BCUT2D eigenvalue weighted by Crippen LogP contribution is -2.77. The lowest BCUT2D eigenvalue weighted by Gasteiger charge is -2.45. The first-order chi connectivity index (χ1) is 16.6. The van der Waals surface area contributed by atoms with Crippen molar-refractivity contribution < 1.29 is 27.6 Å². The molecule has 2 aromatic heterocycles. The van der Waals surface area contributed by atoms with Crippen LogP contribution in [-0.2, 0) is 16.1 Å². The van der Waals surface area contributed by atoms with Gasteiger partial charge in [-0.25, -0.2) is 24.6 Å². The van der Waals surface area contributed by atoms with Crippen LogP contribution in [0.5, 0.6) is 0 Å². The minimum atomic E-state index is -4.68. The number of nitrogens with one attached hydrogen (secondary N) is 2. The van der Waals surface area contributed by atoms with Crippen LogP contribution in [0.1, 0.15) is 18.4 Å². The van der Waals surface area contributed by atoms with E-state index in [9.17, 15) is 27.6 Å². The van der Waals surface area contributed by atoms with E-state index >= 15 is 0 Å². The first kappa shape index (κ1) is 24.3. The third-order valence-electron chi connectivity index (χ3n) is 5.85. The summed E-state index contributed by atoms with van der Waals surface area (Å²) in [6.07, 6.45) is 0.207. The van der Waals surface area contributed by atoms with Crippen LogP contribution >= 0.6 is 0 Å². The molecule has 4 amide bonds. The summed E-state index contributed by atoms with van der Waals surface area (Å²) < 4.78 is 40.3. The number of rotatable bonds is 7. The number of β-lactam (4-membered cyclic amide) rings is 1. The highest BCUT2D eigenvalue weighted by molar-refractivity contribution is 6.13. The number of nitrogens with zero attached hydrogens (tertiary/aromatic N) is 5. The molecule has 1 aliphatic heterocycles. The molecule has 2 fully saturated rings. The van der Waals surface area contributed by atoms with Crippen LogP contribution in [0.4, 0.5) is 29.7 Å². The fraction of sp³-hybridized carbons (Fsp3) is 0.429. The maximum Gasteiger partial charge on any atom is 0.408 e. The largest absolute Gasteiger partial charge is 0.408 e. The fourth-order valence-electron chi connectivity index (χ4n) is 3.86. The van der Waals surface area contributed by atoms with Gasteiger partial charge in [0.15, 0.2) is 0 Å². The van der Waals surface area contributed by atoms with E-state index in [0.717, 1.165) is 4.90 Å². The van der Waals surface area contributed by atoms with Crippen molar-refractivity contribution in [2.24, 2.45) is 5.92 Å². The summed E-state index contributed by atoms with van der Waals surface area (Å²) in [7, 11) is 1.35. The Balaban J connectivity index is 1.55. The van der Waals surface area contributed by atoms with Gasteiger partial charge in [-0.15, -0.1) is 0 Å². The van der Waals surface area contributed by atoms with E-state index in [-0.39, 0.29) is 18.3 Å². The average Bonchev–Trinajstić information content (AvgIpc) is 3.65. The molecule has 3 heterocycles. The number of anilines is 2. The van der Waals surface area contributed by atoms with Gasteiger partial charge in [0.2, 0.25) is 5.95 Å². The summed E-state index contributed by atoms with van der Waals surface area (Å²) in [6, 6.07) is -1.22. The van der Waals surface area contributed by atoms with Gasteiger partial charge in [-0.05, 0) is 42.5 Å². The number of nitrogen functional groups attached to an aromatic ring is 1. The van der Waals surface area contributed by atoms with Crippen molar-refractivity contribution in [1.82, 2.24) is 30.5 Å². The van der Waals surface area contributed by atoms with E-state index in [0.29, 0.717) is 23.3 Å². The number of alkyl halides is 3. The van der Waals surface area contributed by atoms with Crippen LogP contribution in [0.15, 0.2) is 36.8 Å². The van der Waals surface area contributed by atoms with Gasteiger partial charge in [0.1, 0.15) is 23.9 Å². The van der Waals surface area contributed by atoms with Crippen LogP contribution in [0.25, 0.3) is 0 Å². The summed E-state index contributed by atoms with van der Waals surface area (Å²) in [5.74, 6) is -2.08. The van der Waals surface area contributed by atoms with Gasteiger partial charge in [-0.1, -0.05) is 0 Å². The number of hydrogen-bond acceptors (Lipinski definition) is 8. The van der Waals surface area contributed by atoms with Gasteiger partial charge in [-0.3, -0.25) is 19.8 Å². The number of nitrogens with two attached hydrogens (primary N) is 1. The second kappa shape index (κ2) is 9.44. The molecule has 4 N–H and O–H groups in total. The van der Waals surface area contributed by atoms with Gasteiger partial charge in [0.25, 0.3) is 11.8 Å². The molecule has 0 radical (unpaired) electrons. The first-order valence-corrected chi connectivity index (χ1v) is 10.8. The monoisotopic (exact) mass is 492 g/mol. The summed E-state index contributed by atoms with van der Waals surface area (Å²) in [5, 5.41) is 4.79. The molecule has 35 heavy (non-hydrogen) atoms.